The number of nitrogens with one attached hydrogen (secondary N) is 2. The average Bonchev–Trinajstić information content (AvgIpc) is 2.26. The van der Waals surface area contributed by atoms with Gasteiger partial charge in [-0.3, -0.25) is 4.98 Å². The summed E-state index contributed by atoms with van der Waals surface area (Å²) in [5.41, 5.74) is -0.629. The van der Waals surface area contributed by atoms with Crippen LogP contribution in [0.4, 0.5) is 10.5 Å². The standard InChI is InChI=1S/C11H15N3O4/c1-7-3-8(5-12-4-7)14-10(17)13-6-11(2,18)9(15)16/h3-5,18H,6H2,1-2H3,(H,15,16)(H2,13,14,17). The Morgan fingerprint density at radius 2 is 2.11 bits per heavy atom. The molecule has 98 valence electrons. The number of rotatable bonds is 4. The summed E-state index contributed by atoms with van der Waals surface area (Å²) >= 11 is 0. The summed E-state index contributed by atoms with van der Waals surface area (Å²) < 4.78 is 0. The number of pyridine rings is 1. The Bertz CT molecular complexity index is 459. The van der Waals surface area contributed by atoms with E-state index in [0.717, 1.165) is 12.5 Å². The molecule has 1 heterocycles. The fourth-order valence-corrected chi connectivity index (χ4v) is 1.13. The van der Waals surface area contributed by atoms with E-state index in [1.54, 1.807) is 12.3 Å². The quantitative estimate of drug-likeness (QED) is 0.618. The van der Waals surface area contributed by atoms with Crippen molar-refractivity contribution in [1.29, 1.82) is 0 Å². The normalized spacial score (nSPS) is 13.5. The van der Waals surface area contributed by atoms with Gasteiger partial charge >= 0.3 is 12.0 Å². The predicted molar refractivity (Wildman–Crippen MR) is 64.3 cm³/mol. The fourth-order valence-electron chi connectivity index (χ4n) is 1.13. The summed E-state index contributed by atoms with van der Waals surface area (Å²) in [6.07, 6.45) is 3.10. The topological polar surface area (TPSA) is 112 Å². The van der Waals surface area contributed by atoms with Crippen molar-refractivity contribution in [3.05, 3.63) is 24.0 Å². The molecule has 0 bridgehead atoms. The van der Waals surface area contributed by atoms with E-state index in [2.05, 4.69) is 15.6 Å². The minimum Gasteiger partial charge on any atom is -0.479 e. The van der Waals surface area contributed by atoms with Crippen molar-refractivity contribution in [3.63, 3.8) is 0 Å². The average molecular weight is 253 g/mol. The van der Waals surface area contributed by atoms with Crippen molar-refractivity contribution in [2.45, 2.75) is 19.4 Å². The molecule has 2 amide bonds. The fraction of sp³-hybridized carbons (Fsp3) is 0.364. The Morgan fingerprint density at radius 3 is 2.67 bits per heavy atom. The van der Waals surface area contributed by atoms with Gasteiger partial charge in [-0.1, -0.05) is 0 Å². The van der Waals surface area contributed by atoms with E-state index in [9.17, 15) is 14.7 Å². The van der Waals surface area contributed by atoms with Gasteiger partial charge in [0, 0.05) is 6.20 Å². The van der Waals surface area contributed by atoms with Gasteiger partial charge in [-0.15, -0.1) is 0 Å². The first-order valence-electron chi connectivity index (χ1n) is 5.23. The number of aryl methyl sites for hydroxylation is 1. The second-order valence-electron chi connectivity index (χ2n) is 4.14. The molecule has 7 heteroatoms. The van der Waals surface area contributed by atoms with E-state index in [1.807, 2.05) is 6.92 Å². The molecule has 1 aromatic heterocycles. The van der Waals surface area contributed by atoms with Crippen molar-refractivity contribution >= 4 is 17.7 Å². The number of amides is 2. The molecular formula is C11H15N3O4. The summed E-state index contributed by atoms with van der Waals surface area (Å²) in [5, 5.41) is 22.8. The maximum absolute atomic E-state index is 11.4. The molecule has 1 unspecified atom stereocenters. The summed E-state index contributed by atoms with van der Waals surface area (Å²) in [6, 6.07) is 1.10. The van der Waals surface area contributed by atoms with Gasteiger partial charge in [0.15, 0.2) is 5.60 Å². The largest absolute Gasteiger partial charge is 0.479 e. The highest BCUT2D eigenvalue weighted by atomic mass is 16.4. The summed E-state index contributed by atoms with van der Waals surface area (Å²) in [7, 11) is 0. The van der Waals surface area contributed by atoms with Crippen molar-refractivity contribution in [2.24, 2.45) is 0 Å². The Morgan fingerprint density at radius 1 is 1.44 bits per heavy atom. The highest BCUT2D eigenvalue weighted by Crippen LogP contribution is 2.07. The van der Waals surface area contributed by atoms with Crippen molar-refractivity contribution in [2.75, 3.05) is 11.9 Å². The zero-order valence-electron chi connectivity index (χ0n) is 10.1. The number of aliphatic carboxylic acids is 1. The zero-order chi connectivity index (χ0) is 13.8. The van der Waals surface area contributed by atoms with Crippen molar-refractivity contribution in [3.8, 4) is 0 Å². The van der Waals surface area contributed by atoms with Gasteiger partial charge in [-0.05, 0) is 25.5 Å². The molecule has 1 rings (SSSR count). The Labute approximate surface area is 104 Å². The predicted octanol–water partition coefficient (Wildman–Crippen LogP) is 0.347. The molecule has 0 saturated heterocycles. The van der Waals surface area contributed by atoms with Gasteiger partial charge in [0.05, 0.1) is 18.4 Å². The van der Waals surface area contributed by atoms with Gasteiger partial charge in [0.25, 0.3) is 0 Å². The number of carboxylic acid groups (broad SMARTS) is 1. The lowest BCUT2D eigenvalue weighted by molar-refractivity contribution is -0.155. The van der Waals surface area contributed by atoms with Crippen LogP contribution in [0.1, 0.15) is 12.5 Å². The molecule has 1 atom stereocenters. The third kappa shape index (κ3) is 4.02. The number of hydrogen-bond acceptors (Lipinski definition) is 4. The van der Waals surface area contributed by atoms with Crippen LogP contribution >= 0.6 is 0 Å². The number of aromatic nitrogens is 1. The molecule has 0 aliphatic rings. The van der Waals surface area contributed by atoms with Crippen LogP contribution in [0.3, 0.4) is 0 Å². The molecule has 1 aromatic rings. The van der Waals surface area contributed by atoms with Gasteiger partial charge < -0.3 is 20.8 Å². The molecule has 0 aliphatic carbocycles. The van der Waals surface area contributed by atoms with Crippen LogP contribution in [0.25, 0.3) is 0 Å². The smallest absolute Gasteiger partial charge is 0.337 e. The van der Waals surface area contributed by atoms with Crippen LogP contribution in [0, 0.1) is 6.92 Å². The minimum atomic E-state index is -2.00. The number of urea groups is 1. The van der Waals surface area contributed by atoms with E-state index < -0.39 is 24.1 Å². The van der Waals surface area contributed by atoms with Gasteiger partial charge in [0.1, 0.15) is 0 Å². The SMILES string of the molecule is Cc1cncc(NC(=O)NCC(C)(O)C(=O)O)c1. The van der Waals surface area contributed by atoms with Crippen LogP contribution in [-0.4, -0.2) is 39.3 Å². The molecule has 7 nitrogen and oxygen atoms in total. The third-order valence-corrected chi connectivity index (χ3v) is 2.19. The Balaban J connectivity index is 2.50. The van der Waals surface area contributed by atoms with Crippen LogP contribution in [-0.2, 0) is 4.79 Å². The summed E-state index contributed by atoms with van der Waals surface area (Å²) in [6.45, 7) is 2.53. The molecule has 0 aliphatic heterocycles. The molecule has 0 spiro atoms. The molecular weight excluding hydrogens is 238 g/mol. The Kier molecular flexibility index (Phi) is 4.22. The van der Waals surface area contributed by atoms with Crippen LogP contribution < -0.4 is 10.6 Å². The van der Waals surface area contributed by atoms with E-state index in [1.165, 1.54) is 6.20 Å². The molecule has 4 N–H and O–H groups in total. The van der Waals surface area contributed by atoms with E-state index >= 15 is 0 Å². The number of aliphatic hydroxyl groups is 1. The summed E-state index contributed by atoms with van der Waals surface area (Å²) in [5.74, 6) is -1.40. The van der Waals surface area contributed by atoms with Gasteiger partial charge in [-0.2, -0.15) is 0 Å². The van der Waals surface area contributed by atoms with Crippen LogP contribution in [0.15, 0.2) is 18.5 Å². The highest BCUT2D eigenvalue weighted by molar-refractivity contribution is 5.89. The Hall–Kier alpha value is -2.15. The summed E-state index contributed by atoms with van der Waals surface area (Å²) in [4.78, 5) is 25.9. The number of carboxylic acids is 1. The maximum atomic E-state index is 11.4. The lowest BCUT2D eigenvalue weighted by atomic mass is 10.1. The zero-order valence-corrected chi connectivity index (χ0v) is 10.1. The van der Waals surface area contributed by atoms with Crippen molar-refractivity contribution < 1.29 is 19.8 Å². The number of anilines is 1. The number of carbonyl (C=O) groups is 2. The second-order valence-corrected chi connectivity index (χ2v) is 4.14. The highest BCUT2D eigenvalue weighted by Gasteiger charge is 2.30. The first-order chi connectivity index (χ1) is 8.31. The second kappa shape index (κ2) is 5.46. The molecule has 0 saturated carbocycles. The number of carbonyl (C=O) groups excluding carboxylic acids is 1. The van der Waals surface area contributed by atoms with Crippen molar-refractivity contribution in [1.82, 2.24) is 10.3 Å². The maximum Gasteiger partial charge on any atom is 0.337 e. The van der Waals surface area contributed by atoms with E-state index in [0.29, 0.717) is 5.69 Å². The molecule has 18 heavy (non-hydrogen) atoms. The van der Waals surface area contributed by atoms with Crippen LogP contribution in [0.5, 0.6) is 0 Å². The minimum absolute atomic E-state index is 0.395. The first kappa shape index (κ1) is 13.9. The lowest BCUT2D eigenvalue weighted by Crippen LogP contribution is -2.47. The van der Waals surface area contributed by atoms with E-state index in [4.69, 9.17) is 5.11 Å². The van der Waals surface area contributed by atoms with E-state index in [-0.39, 0.29) is 0 Å². The molecule has 0 aromatic carbocycles. The molecule has 0 radical (unpaired) electrons. The van der Waals surface area contributed by atoms with Gasteiger partial charge in [-0.25, -0.2) is 9.59 Å². The van der Waals surface area contributed by atoms with Gasteiger partial charge in [0.2, 0.25) is 0 Å². The third-order valence-electron chi connectivity index (χ3n) is 2.19. The number of nitrogens with zero attached hydrogens (tertiary/aromatic N) is 1. The van der Waals surface area contributed by atoms with Crippen LogP contribution in [0.2, 0.25) is 0 Å². The number of hydrogen-bond donors (Lipinski definition) is 4. The monoisotopic (exact) mass is 253 g/mol. The first-order valence-corrected chi connectivity index (χ1v) is 5.23. The molecule has 0 fully saturated rings. The lowest BCUT2D eigenvalue weighted by Gasteiger charge is -2.18.